The zero-order chi connectivity index (χ0) is 25.1. The second-order valence-electron chi connectivity index (χ2n) is 7.34. The number of barbiturate groups is 1. The van der Waals surface area contributed by atoms with Crippen LogP contribution in [0.2, 0.25) is 5.02 Å². The number of nitrogens with zero attached hydrogens (tertiary/aromatic N) is 2. The van der Waals surface area contributed by atoms with E-state index in [-0.39, 0.29) is 23.6 Å². The van der Waals surface area contributed by atoms with Gasteiger partial charge < -0.3 is 4.74 Å². The Balaban J connectivity index is 1.58. The number of carbonyl (C=O) groups excluding carboxylic acids is 3. The molecule has 0 aliphatic carbocycles. The molecule has 1 heterocycles. The number of ether oxygens (including phenoxy) is 1. The summed E-state index contributed by atoms with van der Waals surface area (Å²) in [4.78, 5) is 48.9. The number of rotatable bonds is 6. The van der Waals surface area contributed by atoms with E-state index < -0.39 is 22.8 Å². The van der Waals surface area contributed by atoms with Crippen LogP contribution in [0.5, 0.6) is 5.75 Å². The smallest absolute Gasteiger partial charge is 0.335 e. The van der Waals surface area contributed by atoms with Gasteiger partial charge >= 0.3 is 6.03 Å². The molecule has 9 nitrogen and oxygen atoms in total. The van der Waals surface area contributed by atoms with Crippen LogP contribution in [0.15, 0.2) is 76.8 Å². The number of halogens is 2. The van der Waals surface area contributed by atoms with E-state index >= 15 is 0 Å². The highest BCUT2D eigenvalue weighted by molar-refractivity contribution is 9.10. The van der Waals surface area contributed by atoms with Crippen molar-refractivity contribution >= 4 is 62.8 Å². The maximum absolute atomic E-state index is 13.0. The van der Waals surface area contributed by atoms with Crippen LogP contribution < -0.4 is 15.0 Å². The lowest BCUT2D eigenvalue weighted by Gasteiger charge is -2.26. The van der Waals surface area contributed by atoms with Crippen molar-refractivity contribution in [1.29, 1.82) is 0 Å². The number of hydrogen-bond donors (Lipinski definition) is 1. The van der Waals surface area contributed by atoms with Crippen LogP contribution in [0, 0.1) is 10.1 Å². The lowest BCUT2D eigenvalue weighted by atomic mass is 10.1. The van der Waals surface area contributed by atoms with Crippen molar-refractivity contribution in [1.82, 2.24) is 5.32 Å². The normalized spacial score (nSPS) is 14.7. The fraction of sp³-hybridized carbons (Fsp3) is 0.0417. The zero-order valence-electron chi connectivity index (χ0n) is 17.7. The van der Waals surface area contributed by atoms with E-state index in [2.05, 4.69) is 21.2 Å². The molecule has 4 rings (SSSR count). The third-order valence-electron chi connectivity index (χ3n) is 4.95. The maximum Gasteiger partial charge on any atom is 0.335 e. The van der Waals surface area contributed by atoms with Crippen LogP contribution >= 0.6 is 27.5 Å². The molecule has 1 N–H and O–H groups in total. The topological polar surface area (TPSA) is 119 Å². The van der Waals surface area contributed by atoms with Crippen molar-refractivity contribution in [2.24, 2.45) is 0 Å². The van der Waals surface area contributed by atoms with Crippen LogP contribution in [0.25, 0.3) is 6.08 Å². The first kappa shape index (κ1) is 24.1. The van der Waals surface area contributed by atoms with Gasteiger partial charge in [-0.25, -0.2) is 9.69 Å². The number of nitro groups is 1. The van der Waals surface area contributed by atoms with Crippen LogP contribution in [0.4, 0.5) is 16.2 Å². The Morgan fingerprint density at radius 2 is 1.83 bits per heavy atom. The van der Waals surface area contributed by atoms with Gasteiger partial charge in [-0.2, -0.15) is 0 Å². The Kier molecular flexibility index (Phi) is 6.94. The minimum Gasteiger partial charge on any atom is -0.488 e. The van der Waals surface area contributed by atoms with E-state index in [0.717, 1.165) is 11.6 Å². The molecule has 1 saturated heterocycles. The first-order valence-electron chi connectivity index (χ1n) is 10.1. The number of anilines is 1. The van der Waals surface area contributed by atoms with Gasteiger partial charge in [-0.3, -0.25) is 25.0 Å². The molecule has 3 aromatic rings. The molecule has 176 valence electrons. The Hall–Kier alpha value is -4.02. The first-order valence-corrected chi connectivity index (χ1v) is 11.2. The first-order chi connectivity index (χ1) is 16.7. The summed E-state index contributed by atoms with van der Waals surface area (Å²) in [6, 6.07) is 16.2. The van der Waals surface area contributed by atoms with Crippen LogP contribution in [0.1, 0.15) is 11.1 Å². The van der Waals surface area contributed by atoms with Crippen LogP contribution in [-0.2, 0) is 16.2 Å². The molecule has 35 heavy (non-hydrogen) atoms. The molecular weight excluding hydrogens is 542 g/mol. The third-order valence-corrected chi connectivity index (χ3v) is 5.81. The van der Waals surface area contributed by atoms with Crippen molar-refractivity contribution in [3.8, 4) is 5.75 Å². The molecule has 1 aliphatic rings. The van der Waals surface area contributed by atoms with Gasteiger partial charge in [-0.05, 0) is 63.5 Å². The Bertz CT molecular complexity index is 1410. The number of amides is 4. The van der Waals surface area contributed by atoms with E-state index in [9.17, 15) is 24.5 Å². The van der Waals surface area contributed by atoms with Gasteiger partial charge in [0.15, 0.2) is 0 Å². The molecule has 0 spiro atoms. The fourth-order valence-corrected chi connectivity index (χ4v) is 4.04. The highest BCUT2D eigenvalue weighted by atomic mass is 79.9. The Morgan fingerprint density at radius 3 is 2.54 bits per heavy atom. The third kappa shape index (κ3) is 5.39. The summed E-state index contributed by atoms with van der Waals surface area (Å²) in [5.74, 6) is -1.25. The summed E-state index contributed by atoms with van der Waals surface area (Å²) in [6.45, 7) is 0.279. The number of non-ortho nitro benzene ring substituents is 1. The molecule has 0 unspecified atom stereocenters. The predicted octanol–water partition coefficient (Wildman–Crippen LogP) is 5.26. The highest BCUT2D eigenvalue weighted by Gasteiger charge is 2.37. The molecule has 0 bridgehead atoms. The summed E-state index contributed by atoms with van der Waals surface area (Å²) in [6.07, 6.45) is 1.32. The van der Waals surface area contributed by atoms with Gasteiger partial charge in [0.25, 0.3) is 17.5 Å². The Labute approximate surface area is 212 Å². The maximum atomic E-state index is 13.0. The number of carbonyl (C=O) groups is 3. The van der Waals surface area contributed by atoms with Gasteiger partial charge in [-0.1, -0.05) is 35.9 Å². The van der Waals surface area contributed by atoms with Crippen LogP contribution in [0.3, 0.4) is 0 Å². The molecule has 0 atom stereocenters. The van der Waals surface area contributed by atoms with Gasteiger partial charge in [0, 0.05) is 17.2 Å². The molecule has 1 aliphatic heterocycles. The number of nitro benzene ring substituents is 1. The molecule has 0 aromatic heterocycles. The van der Waals surface area contributed by atoms with E-state index in [1.54, 1.807) is 30.3 Å². The molecule has 1 fully saturated rings. The van der Waals surface area contributed by atoms with Gasteiger partial charge in [0.05, 0.1) is 15.1 Å². The average Bonchev–Trinajstić information content (AvgIpc) is 2.81. The van der Waals surface area contributed by atoms with Crippen molar-refractivity contribution in [3.05, 3.63) is 103 Å². The van der Waals surface area contributed by atoms with E-state index in [1.165, 1.54) is 24.3 Å². The van der Waals surface area contributed by atoms with E-state index in [4.69, 9.17) is 16.3 Å². The minimum absolute atomic E-state index is 0.0361. The van der Waals surface area contributed by atoms with Gasteiger partial charge in [-0.15, -0.1) is 0 Å². The second-order valence-corrected chi connectivity index (χ2v) is 8.63. The largest absolute Gasteiger partial charge is 0.488 e. The lowest BCUT2D eigenvalue weighted by molar-refractivity contribution is -0.384. The number of nitrogens with one attached hydrogen (secondary N) is 1. The second kappa shape index (κ2) is 10.1. The minimum atomic E-state index is -0.997. The standard InChI is InChI=1S/C24H15BrClN3O6/c25-20-11-14(7-8-21(20)35-13-15-3-1-4-16(26)9-15)10-19-22(30)27-24(32)28(23(19)31)17-5-2-6-18(12-17)29(33)34/h1-12H,13H2,(H,27,30,32)/b19-10+. The molecule has 4 amide bonds. The van der Waals surface area contributed by atoms with Crippen molar-refractivity contribution in [2.75, 3.05) is 4.90 Å². The lowest BCUT2D eigenvalue weighted by Crippen LogP contribution is -2.54. The highest BCUT2D eigenvalue weighted by Crippen LogP contribution is 2.29. The molecule has 11 heteroatoms. The Morgan fingerprint density at radius 1 is 1.06 bits per heavy atom. The summed E-state index contributed by atoms with van der Waals surface area (Å²) >= 11 is 9.40. The van der Waals surface area contributed by atoms with Gasteiger partial charge in [0.2, 0.25) is 0 Å². The van der Waals surface area contributed by atoms with Gasteiger partial charge in [0.1, 0.15) is 17.9 Å². The fourth-order valence-electron chi connectivity index (χ4n) is 3.32. The quantitative estimate of drug-likeness (QED) is 0.192. The molecule has 0 radical (unpaired) electrons. The monoisotopic (exact) mass is 555 g/mol. The van der Waals surface area contributed by atoms with E-state index in [0.29, 0.717) is 25.7 Å². The summed E-state index contributed by atoms with van der Waals surface area (Å²) in [7, 11) is 0. The number of benzene rings is 3. The zero-order valence-corrected chi connectivity index (χ0v) is 20.1. The van der Waals surface area contributed by atoms with Crippen molar-refractivity contribution in [3.63, 3.8) is 0 Å². The van der Waals surface area contributed by atoms with Crippen molar-refractivity contribution in [2.45, 2.75) is 6.61 Å². The molecular formula is C24H15BrClN3O6. The predicted molar refractivity (Wildman–Crippen MR) is 132 cm³/mol. The summed E-state index contributed by atoms with van der Waals surface area (Å²) < 4.78 is 6.38. The summed E-state index contributed by atoms with van der Waals surface area (Å²) in [5, 5.41) is 13.8. The average molecular weight is 557 g/mol. The summed E-state index contributed by atoms with van der Waals surface area (Å²) in [5.41, 5.74) is 0.717. The molecule has 0 saturated carbocycles. The van der Waals surface area contributed by atoms with Crippen LogP contribution in [-0.4, -0.2) is 22.8 Å². The van der Waals surface area contributed by atoms with E-state index in [1.807, 2.05) is 12.1 Å². The number of hydrogen-bond acceptors (Lipinski definition) is 6. The number of imide groups is 2. The SMILES string of the molecule is O=C1NC(=O)N(c2cccc([N+](=O)[O-])c2)C(=O)/C1=C/c1ccc(OCc2cccc(Cl)c2)c(Br)c1. The molecule has 3 aromatic carbocycles. The van der Waals surface area contributed by atoms with Crippen molar-refractivity contribution < 1.29 is 24.0 Å². The number of urea groups is 1.